The highest BCUT2D eigenvalue weighted by Gasteiger charge is 2.12. The maximum atomic E-state index is 10.9. The van der Waals surface area contributed by atoms with Crippen molar-refractivity contribution in [3.63, 3.8) is 0 Å². The Hall–Kier alpha value is -1.95. The lowest BCUT2D eigenvalue weighted by atomic mass is 10.2. The number of hydrogen-bond donors (Lipinski definition) is 1. The molecular formula is C14H18N4O2. The standard InChI is InChI=1S/C14H18N4O2/c19-14(20)11-4-5-13-12(10-11)15-16-18(13)9-3-8-17-6-1-2-7-17/h4-5,10H,1-3,6-9H2,(H,19,20). The van der Waals surface area contributed by atoms with Crippen molar-refractivity contribution in [3.8, 4) is 0 Å². The van der Waals surface area contributed by atoms with Crippen LogP contribution in [0, 0.1) is 0 Å². The summed E-state index contributed by atoms with van der Waals surface area (Å²) in [5.74, 6) is -0.935. The molecule has 2 heterocycles. The maximum Gasteiger partial charge on any atom is 0.335 e. The molecule has 1 aliphatic heterocycles. The van der Waals surface area contributed by atoms with Gasteiger partial charge in [-0.15, -0.1) is 5.10 Å². The molecule has 1 aromatic heterocycles. The summed E-state index contributed by atoms with van der Waals surface area (Å²) in [5, 5.41) is 17.1. The van der Waals surface area contributed by atoms with Crippen molar-refractivity contribution in [3.05, 3.63) is 23.8 Å². The quantitative estimate of drug-likeness (QED) is 0.897. The lowest BCUT2D eigenvalue weighted by molar-refractivity contribution is 0.0697. The largest absolute Gasteiger partial charge is 0.478 e. The molecule has 1 aromatic carbocycles. The molecule has 1 fully saturated rings. The summed E-state index contributed by atoms with van der Waals surface area (Å²) in [5.41, 5.74) is 1.80. The number of nitrogens with zero attached hydrogens (tertiary/aromatic N) is 4. The van der Waals surface area contributed by atoms with Crippen LogP contribution in [0.2, 0.25) is 0 Å². The summed E-state index contributed by atoms with van der Waals surface area (Å²) < 4.78 is 1.86. The van der Waals surface area contributed by atoms with Gasteiger partial charge in [-0.25, -0.2) is 9.48 Å². The maximum absolute atomic E-state index is 10.9. The first kappa shape index (κ1) is 13.1. The molecule has 0 unspecified atom stereocenters. The first-order valence-electron chi connectivity index (χ1n) is 7.03. The van der Waals surface area contributed by atoms with Gasteiger partial charge in [0.1, 0.15) is 5.52 Å². The lowest BCUT2D eigenvalue weighted by Gasteiger charge is -2.13. The van der Waals surface area contributed by atoms with Gasteiger partial charge in [-0.1, -0.05) is 5.21 Å². The Morgan fingerprint density at radius 2 is 2.05 bits per heavy atom. The summed E-state index contributed by atoms with van der Waals surface area (Å²) in [4.78, 5) is 13.4. The fourth-order valence-electron chi connectivity index (χ4n) is 2.72. The van der Waals surface area contributed by atoms with Crippen molar-refractivity contribution in [2.75, 3.05) is 19.6 Å². The minimum absolute atomic E-state index is 0.251. The summed E-state index contributed by atoms with van der Waals surface area (Å²) in [6, 6.07) is 4.96. The normalized spacial score (nSPS) is 16.0. The van der Waals surface area contributed by atoms with Gasteiger partial charge in [-0.2, -0.15) is 0 Å². The van der Waals surface area contributed by atoms with Crippen LogP contribution in [0.1, 0.15) is 29.6 Å². The second-order valence-electron chi connectivity index (χ2n) is 5.22. The molecule has 6 heteroatoms. The number of aromatic nitrogens is 3. The average molecular weight is 274 g/mol. The lowest BCUT2D eigenvalue weighted by Crippen LogP contribution is -2.21. The Morgan fingerprint density at radius 1 is 1.25 bits per heavy atom. The van der Waals surface area contributed by atoms with E-state index in [1.807, 2.05) is 4.68 Å². The molecule has 0 amide bonds. The van der Waals surface area contributed by atoms with E-state index in [9.17, 15) is 4.79 Å². The third-order valence-electron chi connectivity index (χ3n) is 3.80. The Kier molecular flexibility index (Phi) is 3.64. The molecule has 0 radical (unpaired) electrons. The summed E-state index contributed by atoms with van der Waals surface area (Å²) in [6.45, 7) is 4.33. The van der Waals surface area contributed by atoms with E-state index in [0.29, 0.717) is 5.52 Å². The van der Waals surface area contributed by atoms with Gasteiger partial charge >= 0.3 is 5.97 Å². The average Bonchev–Trinajstić information content (AvgIpc) is 3.08. The molecule has 3 rings (SSSR count). The summed E-state index contributed by atoms with van der Waals surface area (Å²) >= 11 is 0. The number of carbonyl (C=O) groups is 1. The Balaban J connectivity index is 1.67. The SMILES string of the molecule is O=C(O)c1ccc2c(c1)nnn2CCCN1CCCC1. The summed E-state index contributed by atoms with van der Waals surface area (Å²) in [7, 11) is 0. The van der Waals surface area contributed by atoms with Crippen molar-refractivity contribution >= 4 is 17.0 Å². The summed E-state index contributed by atoms with van der Waals surface area (Å²) in [6.07, 6.45) is 3.66. The fourth-order valence-corrected chi connectivity index (χ4v) is 2.72. The van der Waals surface area contributed by atoms with Gasteiger partial charge in [-0.05, 0) is 57.1 Å². The Morgan fingerprint density at radius 3 is 2.80 bits per heavy atom. The first-order valence-corrected chi connectivity index (χ1v) is 7.03. The molecule has 20 heavy (non-hydrogen) atoms. The monoisotopic (exact) mass is 274 g/mol. The Labute approximate surface area is 117 Å². The van der Waals surface area contributed by atoms with E-state index >= 15 is 0 Å². The van der Waals surface area contributed by atoms with Crippen LogP contribution in [0.25, 0.3) is 11.0 Å². The number of aromatic carboxylic acids is 1. The smallest absolute Gasteiger partial charge is 0.335 e. The molecular weight excluding hydrogens is 256 g/mol. The van der Waals surface area contributed by atoms with Gasteiger partial charge < -0.3 is 10.0 Å². The second kappa shape index (κ2) is 5.58. The number of benzene rings is 1. The third kappa shape index (κ3) is 2.65. The van der Waals surface area contributed by atoms with E-state index in [2.05, 4.69) is 15.2 Å². The van der Waals surface area contributed by atoms with Crippen LogP contribution in [0.3, 0.4) is 0 Å². The van der Waals surface area contributed by atoms with E-state index in [1.54, 1.807) is 18.2 Å². The predicted molar refractivity (Wildman–Crippen MR) is 74.8 cm³/mol. The van der Waals surface area contributed by atoms with E-state index in [4.69, 9.17) is 5.11 Å². The van der Waals surface area contributed by atoms with Gasteiger partial charge in [0, 0.05) is 6.54 Å². The highest BCUT2D eigenvalue weighted by atomic mass is 16.4. The van der Waals surface area contributed by atoms with Crippen molar-refractivity contribution < 1.29 is 9.90 Å². The first-order chi connectivity index (χ1) is 9.74. The molecule has 1 saturated heterocycles. The molecule has 2 aromatic rings. The van der Waals surface area contributed by atoms with Crippen molar-refractivity contribution in [1.29, 1.82) is 0 Å². The van der Waals surface area contributed by atoms with Gasteiger partial charge in [0.05, 0.1) is 11.1 Å². The number of rotatable bonds is 5. The number of fused-ring (bicyclic) bond motifs is 1. The van der Waals surface area contributed by atoms with E-state index in [0.717, 1.165) is 25.0 Å². The van der Waals surface area contributed by atoms with E-state index < -0.39 is 5.97 Å². The molecule has 0 aliphatic carbocycles. The molecule has 1 aliphatic rings. The van der Waals surface area contributed by atoms with Crippen LogP contribution in [0.4, 0.5) is 0 Å². The van der Waals surface area contributed by atoms with Crippen molar-refractivity contribution in [2.45, 2.75) is 25.8 Å². The molecule has 0 saturated carbocycles. The van der Waals surface area contributed by atoms with Gasteiger partial charge in [0.25, 0.3) is 0 Å². The molecule has 0 spiro atoms. The topological polar surface area (TPSA) is 71.2 Å². The second-order valence-corrected chi connectivity index (χ2v) is 5.22. The van der Waals surface area contributed by atoms with Crippen LogP contribution in [0.5, 0.6) is 0 Å². The number of hydrogen-bond acceptors (Lipinski definition) is 4. The fraction of sp³-hybridized carbons (Fsp3) is 0.500. The minimum Gasteiger partial charge on any atom is -0.478 e. The van der Waals surface area contributed by atoms with Crippen molar-refractivity contribution in [2.24, 2.45) is 0 Å². The van der Waals surface area contributed by atoms with Gasteiger partial charge in [-0.3, -0.25) is 0 Å². The van der Waals surface area contributed by atoms with Crippen LogP contribution < -0.4 is 0 Å². The molecule has 0 bridgehead atoms. The minimum atomic E-state index is -0.935. The Bertz CT molecular complexity index is 617. The zero-order chi connectivity index (χ0) is 13.9. The van der Waals surface area contributed by atoms with Crippen molar-refractivity contribution in [1.82, 2.24) is 19.9 Å². The number of carboxylic acid groups (broad SMARTS) is 1. The van der Waals surface area contributed by atoms with Crippen LogP contribution in [-0.4, -0.2) is 50.6 Å². The van der Waals surface area contributed by atoms with E-state index in [-0.39, 0.29) is 5.56 Å². The number of carboxylic acids is 1. The highest BCUT2D eigenvalue weighted by Crippen LogP contribution is 2.14. The zero-order valence-electron chi connectivity index (χ0n) is 11.3. The number of aryl methyl sites for hydroxylation is 1. The highest BCUT2D eigenvalue weighted by molar-refractivity contribution is 5.92. The predicted octanol–water partition coefficient (Wildman–Crippen LogP) is 1.62. The number of likely N-dealkylation sites (tertiary alicyclic amines) is 1. The molecule has 6 nitrogen and oxygen atoms in total. The van der Waals surface area contributed by atoms with Crippen LogP contribution in [-0.2, 0) is 6.54 Å². The third-order valence-corrected chi connectivity index (χ3v) is 3.80. The van der Waals surface area contributed by atoms with E-state index in [1.165, 1.54) is 25.9 Å². The van der Waals surface area contributed by atoms with Gasteiger partial charge in [0.15, 0.2) is 0 Å². The molecule has 1 N–H and O–H groups in total. The van der Waals surface area contributed by atoms with Gasteiger partial charge in [0.2, 0.25) is 0 Å². The molecule has 106 valence electrons. The van der Waals surface area contributed by atoms with Crippen LogP contribution in [0.15, 0.2) is 18.2 Å². The van der Waals surface area contributed by atoms with Crippen LogP contribution >= 0.6 is 0 Å². The zero-order valence-corrected chi connectivity index (χ0v) is 11.3. The molecule has 0 atom stereocenters.